The number of carbonyl (C=O) groups excluding carboxylic acids is 3. The van der Waals surface area contributed by atoms with Crippen molar-refractivity contribution in [2.45, 2.75) is 58.9 Å². The largest absolute Gasteiger partial charge is 0.328 e. The standard InChI is InChI=1S/C27H27BrFN7O3/c1-4-34-13-21(28)22(32-34)9-25(38)24-8-19(29)12-35(24)26(39)14-36-23-6-5-17(18-10-30-16(3)31-11-18)7-20(23)27(33-36)15(2)37/h5-7,10-11,13,19,24H,4,8-9,12,14H2,1-3H3/t19-,24+/m1/s1. The predicted molar refractivity (Wildman–Crippen MR) is 145 cm³/mol. The van der Waals surface area contributed by atoms with Gasteiger partial charge in [-0.2, -0.15) is 10.2 Å². The first-order valence-corrected chi connectivity index (χ1v) is 13.4. The van der Waals surface area contributed by atoms with Gasteiger partial charge in [-0.15, -0.1) is 0 Å². The smallest absolute Gasteiger partial charge is 0.245 e. The van der Waals surface area contributed by atoms with Crippen LogP contribution in [0.5, 0.6) is 0 Å². The molecule has 10 nitrogen and oxygen atoms in total. The maximum atomic E-state index is 14.5. The molecule has 4 aromatic rings. The van der Waals surface area contributed by atoms with Gasteiger partial charge in [-0.3, -0.25) is 23.7 Å². The number of amides is 1. The number of carbonyl (C=O) groups is 3. The quantitative estimate of drug-likeness (QED) is 0.285. The molecular weight excluding hydrogens is 569 g/mol. The van der Waals surface area contributed by atoms with E-state index in [-0.39, 0.29) is 43.2 Å². The zero-order valence-corrected chi connectivity index (χ0v) is 23.4. The van der Waals surface area contributed by atoms with Crippen LogP contribution in [0.1, 0.15) is 42.3 Å². The molecule has 0 spiro atoms. The van der Waals surface area contributed by atoms with E-state index >= 15 is 0 Å². The fourth-order valence-corrected chi connectivity index (χ4v) is 5.32. The van der Waals surface area contributed by atoms with Crippen LogP contribution >= 0.6 is 15.9 Å². The summed E-state index contributed by atoms with van der Waals surface area (Å²) in [6.07, 6.45) is 3.81. The molecule has 4 heterocycles. The van der Waals surface area contributed by atoms with Crippen molar-refractivity contribution in [2.24, 2.45) is 0 Å². The fraction of sp³-hybridized carbons (Fsp3) is 0.370. The van der Waals surface area contributed by atoms with E-state index in [0.29, 0.717) is 33.4 Å². The summed E-state index contributed by atoms with van der Waals surface area (Å²) in [5.74, 6) is -0.320. The molecule has 12 heteroatoms. The van der Waals surface area contributed by atoms with Gasteiger partial charge >= 0.3 is 0 Å². The normalized spacial score (nSPS) is 17.2. The Hall–Kier alpha value is -3.80. The van der Waals surface area contributed by atoms with Gasteiger partial charge in [-0.05, 0) is 47.5 Å². The minimum atomic E-state index is -1.30. The van der Waals surface area contributed by atoms with Crippen LogP contribution < -0.4 is 0 Å². The molecule has 0 bridgehead atoms. The van der Waals surface area contributed by atoms with Crippen LogP contribution in [0, 0.1) is 6.92 Å². The Balaban J connectivity index is 1.40. The van der Waals surface area contributed by atoms with Crippen molar-refractivity contribution in [1.82, 2.24) is 34.4 Å². The van der Waals surface area contributed by atoms with Crippen molar-refractivity contribution in [2.75, 3.05) is 6.54 Å². The summed E-state index contributed by atoms with van der Waals surface area (Å²) >= 11 is 3.42. The van der Waals surface area contributed by atoms with Gasteiger partial charge < -0.3 is 4.90 Å². The van der Waals surface area contributed by atoms with Crippen LogP contribution in [0.25, 0.3) is 22.0 Å². The van der Waals surface area contributed by atoms with Crippen molar-refractivity contribution in [3.8, 4) is 11.1 Å². The van der Waals surface area contributed by atoms with Crippen molar-refractivity contribution >= 4 is 44.3 Å². The van der Waals surface area contributed by atoms with E-state index in [9.17, 15) is 18.8 Å². The van der Waals surface area contributed by atoms with Crippen LogP contribution in [-0.2, 0) is 29.1 Å². The third-order valence-corrected chi connectivity index (χ3v) is 7.54. The van der Waals surface area contributed by atoms with E-state index in [0.717, 1.165) is 11.1 Å². The van der Waals surface area contributed by atoms with Gasteiger partial charge in [-0.25, -0.2) is 14.4 Å². The Kier molecular flexibility index (Phi) is 7.39. The zero-order chi connectivity index (χ0) is 27.8. The fourth-order valence-electron chi connectivity index (χ4n) is 4.87. The third kappa shape index (κ3) is 5.38. The van der Waals surface area contributed by atoms with Gasteiger partial charge in [0, 0.05) is 49.4 Å². The molecule has 0 saturated carbocycles. The number of benzene rings is 1. The Bertz CT molecular complexity index is 1580. The van der Waals surface area contributed by atoms with Crippen LogP contribution in [0.4, 0.5) is 4.39 Å². The number of hydrogen-bond acceptors (Lipinski definition) is 7. The van der Waals surface area contributed by atoms with Crippen LogP contribution in [0.3, 0.4) is 0 Å². The average molecular weight is 596 g/mol. The summed E-state index contributed by atoms with van der Waals surface area (Å²) in [5.41, 5.74) is 2.94. The molecule has 39 heavy (non-hydrogen) atoms. The molecule has 0 unspecified atom stereocenters. The first-order valence-electron chi connectivity index (χ1n) is 12.6. The summed E-state index contributed by atoms with van der Waals surface area (Å²) in [4.78, 5) is 48.7. The number of aryl methyl sites for hydroxylation is 2. The summed E-state index contributed by atoms with van der Waals surface area (Å²) in [5, 5.41) is 9.39. The minimum Gasteiger partial charge on any atom is -0.328 e. The van der Waals surface area contributed by atoms with Gasteiger partial charge in [0.15, 0.2) is 11.6 Å². The molecule has 0 N–H and O–H groups in total. The first-order chi connectivity index (χ1) is 18.6. The number of alkyl halides is 1. The van der Waals surface area contributed by atoms with E-state index in [1.165, 1.54) is 16.5 Å². The predicted octanol–water partition coefficient (Wildman–Crippen LogP) is 3.73. The summed E-state index contributed by atoms with van der Waals surface area (Å²) in [7, 11) is 0. The molecule has 5 rings (SSSR count). The van der Waals surface area contributed by atoms with E-state index in [2.05, 4.69) is 36.1 Å². The Morgan fingerprint density at radius 2 is 1.87 bits per heavy atom. The number of likely N-dealkylation sites (tertiary alicyclic amines) is 1. The second-order valence-corrected chi connectivity index (χ2v) is 10.5. The number of ketones is 2. The van der Waals surface area contributed by atoms with Crippen LogP contribution in [0.15, 0.2) is 41.3 Å². The number of hydrogen-bond donors (Lipinski definition) is 0. The van der Waals surface area contributed by atoms with E-state index in [1.54, 1.807) is 36.3 Å². The third-order valence-electron chi connectivity index (χ3n) is 6.88. The maximum absolute atomic E-state index is 14.5. The van der Waals surface area contributed by atoms with E-state index < -0.39 is 18.1 Å². The van der Waals surface area contributed by atoms with E-state index in [4.69, 9.17) is 0 Å². The van der Waals surface area contributed by atoms with Gasteiger partial charge in [0.05, 0.1) is 34.7 Å². The van der Waals surface area contributed by atoms with Crippen molar-refractivity contribution < 1.29 is 18.8 Å². The highest BCUT2D eigenvalue weighted by molar-refractivity contribution is 9.10. The molecule has 0 aliphatic carbocycles. The Labute approximate surface area is 232 Å². The Morgan fingerprint density at radius 1 is 1.13 bits per heavy atom. The molecule has 3 aromatic heterocycles. The van der Waals surface area contributed by atoms with Gasteiger partial charge in [-0.1, -0.05) is 6.07 Å². The minimum absolute atomic E-state index is 0.0144. The summed E-state index contributed by atoms with van der Waals surface area (Å²) < 4.78 is 18.3. The van der Waals surface area contributed by atoms with Crippen LogP contribution in [0.2, 0.25) is 0 Å². The van der Waals surface area contributed by atoms with Gasteiger partial charge in [0.2, 0.25) is 5.91 Å². The number of aromatic nitrogens is 6. The lowest BCUT2D eigenvalue weighted by Gasteiger charge is -2.23. The lowest BCUT2D eigenvalue weighted by atomic mass is 10.0. The van der Waals surface area contributed by atoms with Gasteiger partial charge in [0.25, 0.3) is 0 Å². The molecule has 2 atom stereocenters. The SMILES string of the molecule is CCn1cc(Br)c(CC(=O)[C@@H]2C[C@@H](F)CN2C(=O)Cn2nc(C(C)=O)c3cc(-c4cnc(C)nc4)ccc32)n1. The second-order valence-electron chi connectivity index (χ2n) is 9.63. The van der Waals surface area contributed by atoms with Crippen LogP contribution in [-0.4, -0.2) is 70.7 Å². The molecule has 1 aromatic carbocycles. The van der Waals surface area contributed by atoms with Crippen molar-refractivity contribution in [3.05, 3.63) is 58.5 Å². The maximum Gasteiger partial charge on any atom is 0.245 e. The summed E-state index contributed by atoms with van der Waals surface area (Å²) in [6, 6.07) is 4.55. The number of Topliss-reactive ketones (excluding diaryl/α,β-unsaturated/α-hetero) is 2. The number of rotatable bonds is 8. The molecule has 1 saturated heterocycles. The number of halogens is 2. The highest BCUT2D eigenvalue weighted by Gasteiger charge is 2.40. The molecule has 1 fully saturated rings. The first kappa shape index (κ1) is 26.8. The molecule has 0 radical (unpaired) electrons. The molecule has 1 aliphatic heterocycles. The molecule has 202 valence electrons. The second kappa shape index (κ2) is 10.8. The van der Waals surface area contributed by atoms with E-state index in [1.807, 2.05) is 19.1 Å². The zero-order valence-electron chi connectivity index (χ0n) is 21.8. The topological polar surface area (TPSA) is 116 Å². The monoisotopic (exact) mass is 595 g/mol. The highest BCUT2D eigenvalue weighted by atomic mass is 79.9. The molecule has 1 amide bonds. The van der Waals surface area contributed by atoms with Gasteiger partial charge in [0.1, 0.15) is 24.2 Å². The summed E-state index contributed by atoms with van der Waals surface area (Å²) in [6.45, 7) is 5.39. The average Bonchev–Trinajstić information content (AvgIpc) is 3.59. The lowest BCUT2D eigenvalue weighted by molar-refractivity contribution is -0.138. The molecular formula is C27H27BrFN7O3. The van der Waals surface area contributed by atoms with Crippen molar-refractivity contribution in [1.29, 1.82) is 0 Å². The number of fused-ring (bicyclic) bond motifs is 1. The highest BCUT2D eigenvalue weighted by Crippen LogP contribution is 2.28. The van der Waals surface area contributed by atoms with Crippen molar-refractivity contribution in [3.63, 3.8) is 0 Å². The lowest BCUT2D eigenvalue weighted by Crippen LogP contribution is -2.43. The molecule has 1 aliphatic rings. The Morgan fingerprint density at radius 3 is 2.54 bits per heavy atom. The number of nitrogens with zero attached hydrogens (tertiary/aromatic N) is 7.